The number of aryl methyl sites for hydroxylation is 1. The molecule has 0 saturated carbocycles. The molecule has 0 aromatic heterocycles. The van der Waals surface area contributed by atoms with Crippen LogP contribution in [0.4, 0.5) is 5.69 Å². The second-order valence-corrected chi connectivity index (χ2v) is 4.66. The number of anilines is 1. The smallest absolute Gasteiger partial charge is 0.308 e. The largest absolute Gasteiger partial charge is 0.481 e. The highest BCUT2D eigenvalue weighted by molar-refractivity contribution is 5.99. The van der Waals surface area contributed by atoms with E-state index in [1.807, 2.05) is 24.3 Å². The minimum Gasteiger partial charge on any atom is -0.481 e. The Kier molecular flexibility index (Phi) is 3.65. The molecule has 1 atom stereocenters. The molecule has 96 valence electrons. The van der Waals surface area contributed by atoms with E-state index in [4.69, 9.17) is 5.11 Å². The van der Waals surface area contributed by atoms with Crippen LogP contribution in [0.15, 0.2) is 24.3 Å². The van der Waals surface area contributed by atoms with Crippen molar-refractivity contribution in [2.75, 3.05) is 11.4 Å². The second-order valence-electron chi connectivity index (χ2n) is 4.66. The molecule has 2 rings (SSSR count). The van der Waals surface area contributed by atoms with E-state index in [1.165, 1.54) is 5.56 Å². The molecule has 4 heteroatoms. The maximum absolute atomic E-state index is 11.8. The van der Waals surface area contributed by atoms with Crippen LogP contribution in [-0.2, 0) is 16.0 Å². The second kappa shape index (κ2) is 5.21. The van der Waals surface area contributed by atoms with Crippen LogP contribution in [0.2, 0.25) is 0 Å². The molecule has 4 nitrogen and oxygen atoms in total. The summed E-state index contributed by atoms with van der Waals surface area (Å²) in [6.07, 6.45) is 2.21. The highest BCUT2D eigenvalue weighted by Crippen LogP contribution is 2.25. The minimum atomic E-state index is -0.895. The van der Waals surface area contributed by atoms with Gasteiger partial charge in [-0.05, 0) is 24.1 Å². The van der Waals surface area contributed by atoms with Crippen molar-refractivity contribution in [2.45, 2.75) is 26.2 Å². The molecule has 1 N–H and O–H groups in total. The summed E-state index contributed by atoms with van der Waals surface area (Å²) in [6.45, 7) is 2.40. The molecule has 1 fully saturated rings. The topological polar surface area (TPSA) is 57.6 Å². The van der Waals surface area contributed by atoms with E-state index in [0.717, 1.165) is 18.5 Å². The zero-order chi connectivity index (χ0) is 13.1. The van der Waals surface area contributed by atoms with Crippen molar-refractivity contribution in [3.05, 3.63) is 29.8 Å². The summed E-state index contributed by atoms with van der Waals surface area (Å²) < 4.78 is 0. The normalized spacial score (nSPS) is 19.3. The van der Waals surface area contributed by atoms with Crippen molar-refractivity contribution < 1.29 is 14.7 Å². The van der Waals surface area contributed by atoms with Gasteiger partial charge in [-0.25, -0.2) is 0 Å². The lowest BCUT2D eigenvalue weighted by Crippen LogP contribution is -2.25. The number of rotatable bonds is 4. The van der Waals surface area contributed by atoms with Gasteiger partial charge < -0.3 is 10.0 Å². The zero-order valence-electron chi connectivity index (χ0n) is 10.4. The first kappa shape index (κ1) is 12.6. The van der Waals surface area contributed by atoms with Gasteiger partial charge in [0.25, 0.3) is 0 Å². The number of carbonyl (C=O) groups excluding carboxylic acids is 1. The Labute approximate surface area is 106 Å². The van der Waals surface area contributed by atoms with Crippen LogP contribution < -0.4 is 4.90 Å². The zero-order valence-corrected chi connectivity index (χ0v) is 10.4. The minimum absolute atomic E-state index is 0.103. The summed E-state index contributed by atoms with van der Waals surface area (Å²) in [4.78, 5) is 24.2. The number of hydrogen-bond donors (Lipinski definition) is 1. The maximum atomic E-state index is 11.8. The Morgan fingerprint density at radius 1 is 1.39 bits per heavy atom. The highest BCUT2D eigenvalue weighted by Gasteiger charge is 2.34. The Morgan fingerprint density at radius 3 is 2.56 bits per heavy atom. The van der Waals surface area contributed by atoms with E-state index < -0.39 is 11.9 Å². The van der Waals surface area contributed by atoms with Crippen molar-refractivity contribution >= 4 is 17.6 Å². The fourth-order valence-electron chi connectivity index (χ4n) is 2.25. The molecular formula is C14H17NO3. The third kappa shape index (κ3) is 2.53. The van der Waals surface area contributed by atoms with E-state index in [1.54, 1.807) is 4.90 Å². The Morgan fingerprint density at radius 2 is 2.06 bits per heavy atom. The van der Waals surface area contributed by atoms with Gasteiger partial charge in [0.2, 0.25) is 5.91 Å². The third-order valence-corrected chi connectivity index (χ3v) is 3.26. The number of carboxylic acids is 1. The Balaban J connectivity index is 2.12. The molecule has 1 aliphatic heterocycles. The monoisotopic (exact) mass is 247 g/mol. The first-order valence-electron chi connectivity index (χ1n) is 6.24. The Bertz CT molecular complexity index is 453. The third-order valence-electron chi connectivity index (χ3n) is 3.26. The van der Waals surface area contributed by atoms with E-state index >= 15 is 0 Å². The quantitative estimate of drug-likeness (QED) is 0.886. The average Bonchev–Trinajstić information content (AvgIpc) is 2.73. The van der Waals surface area contributed by atoms with Gasteiger partial charge in [-0.15, -0.1) is 0 Å². The van der Waals surface area contributed by atoms with Gasteiger partial charge in [0.05, 0.1) is 5.92 Å². The number of benzene rings is 1. The number of carboxylic acid groups (broad SMARTS) is 1. The van der Waals surface area contributed by atoms with Crippen molar-refractivity contribution in [3.63, 3.8) is 0 Å². The summed E-state index contributed by atoms with van der Waals surface area (Å²) >= 11 is 0. The van der Waals surface area contributed by atoms with Gasteiger partial charge >= 0.3 is 5.97 Å². The lowest BCUT2D eigenvalue weighted by molar-refractivity contribution is -0.141. The van der Waals surface area contributed by atoms with E-state index in [0.29, 0.717) is 0 Å². The molecule has 18 heavy (non-hydrogen) atoms. The highest BCUT2D eigenvalue weighted by atomic mass is 16.4. The van der Waals surface area contributed by atoms with Crippen LogP contribution >= 0.6 is 0 Å². The summed E-state index contributed by atoms with van der Waals surface area (Å²) in [5.41, 5.74) is 2.03. The Hall–Kier alpha value is -1.84. The van der Waals surface area contributed by atoms with Crippen LogP contribution in [0.3, 0.4) is 0 Å². The van der Waals surface area contributed by atoms with Crippen molar-refractivity contribution in [1.29, 1.82) is 0 Å². The summed E-state index contributed by atoms with van der Waals surface area (Å²) in [6, 6.07) is 7.79. The molecule has 0 bridgehead atoms. The molecule has 0 aliphatic carbocycles. The van der Waals surface area contributed by atoms with E-state index in [9.17, 15) is 9.59 Å². The number of hydrogen-bond acceptors (Lipinski definition) is 2. The van der Waals surface area contributed by atoms with Crippen LogP contribution in [0.1, 0.15) is 25.3 Å². The standard InChI is InChI=1S/C14H17NO3/c1-2-3-10-4-6-12(7-5-10)15-9-11(14(17)18)8-13(15)16/h4-7,11H,2-3,8-9H2,1H3,(H,17,18). The van der Waals surface area contributed by atoms with Crippen LogP contribution in [0.5, 0.6) is 0 Å². The number of carbonyl (C=O) groups is 2. The SMILES string of the molecule is CCCc1ccc(N2CC(C(=O)O)CC2=O)cc1. The first-order valence-corrected chi connectivity index (χ1v) is 6.24. The summed E-state index contributed by atoms with van der Waals surface area (Å²) in [7, 11) is 0. The number of aliphatic carboxylic acids is 1. The van der Waals surface area contributed by atoms with Crippen LogP contribution in [0, 0.1) is 5.92 Å². The number of amides is 1. The molecule has 1 unspecified atom stereocenters. The van der Waals surface area contributed by atoms with Gasteiger partial charge in [0, 0.05) is 18.7 Å². The summed E-state index contributed by atoms with van der Waals surface area (Å²) in [5.74, 6) is -1.58. The first-order chi connectivity index (χ1) is 8.61. The van der Waals surface area contributed by atoms with Gasteiger partial charge in [0.1, 0.15) is 0 Å². The molecular weight excluding hydrogens is 230 g/mol. The van der Waals surface area contributed by atoms with Gasteiger partial charge in [0.15, 0.2) is 0 Å². The predicted molar refractivity (Wildman–Crippen MR) is 68.5 cm³/mol. The van der Waals surface area contributed by atoms with Crippen LogP contribution in [-0.4, -0.2) is 23.5 Å². The lowest BCUT2D eigenvalue weighted by Gasteiger charge is -2.16. The van der Waals surface area contributed by atoms with E-state index in [-0.39, 0.29) is 18.9 Å². The van der Waals surface area contributed by atoms with Gasteiger partial charge in [-0.3, -0.25) is 9.59 Å². The summed E-state index contributed by atoms with van der Waals surface area (Å²) in [5, 5.41) is 8.93. The molecule has 0 radical (unpaired) electrons. The average molecular weight is 247 g/mol. The molecule has 1 heterocycles. The van der Waals surface area contributed by atoms with E-state index in [2.05, 4.69) is 6.92 Å². The molecule has 1 saturated heterocycles. The molecule has 1 aromatic rings. The fourth-order valence-corrected chi connectivity index (χ4v) is 2.25. The molecule has 0 spiro atoms. The molecule has 1 aliphatic rings. The maximum Gasteiger partial charge on any atom is 0.308 e. The van der Waals surface area contributed by atoms with Crippen LogP contribution in [0.25, 0.3) is 0 Å². The van der Waals surface area contributed by atoms with Gasteiger partial charge in [-0.2, -0.15) is 0 Å². The van der Waals surface area contributed by atoms with Crippen molar-refractivity contribution in [1.82, 2.24) is 0 Å². The van der Waals surface area contributed by atoms with Crippen molar-refractivity contribution in [2.24, 2.45) is 5.92 Å². The fraction of sp³-hybridized carbons (Fsp3) is 0.429. The lowest BCUT2D eigenvalue weighted by atomic mass is 10.1. The van der Waals surface area contributed by atoms with Crippen molar-refractivity contribution in [3.8, 4) is 0 Å². The van der Waals surface area contributed by atoms with Gasteiger partial charge in [-0.1, -0.05) is 25.5 Å². The predicted octanol–water partition coefficient (Wildman–Crippen LogP) is 2.08. The molecule has 1 amide bonds. The number of nitrogens with zero attached hydrogens (tertiary/aromatic N) is 1. The molecule has 1 aromatic carbocycles.